The van der Waals surface area contributed by atoms with E-state index in [4.69, 9.17) is 4.52 Å². The van der Waals surface area contributed by atoms with Crippen LogP contribution >= 0.6 is 0 Å². The van der Waals surface area contributed by atoms with Gasteiger partial charge in [0.15, 0.2) is 5.69 Å². The van der Waals surface area contributed by atoms with Crippen molar-refractivity contribution in [2.75, 3.05) is 19.6 Å². The Labute approximate surface area is 135 Å². The summed E-state index contributed by atoms with van der Waals surface area (Å²) in [7, 11) is 0. The maximum Gasteiger partial charge on any atom is 0.276 e. The molecule has 2 aliphatic heterocycles. The molecule has 0 aromatic carbocycles. The minimum atomic E-state index is -0.0199. The fourth-order valence-electron chi connectivity index (χ4n) is 3.63. The van der Waals surface area contributed by atoms with Crippen LogP contribution in [0.3, 0.4) is 0 Å². The second-order valence-electron chi connectivity index (χ2n) is 6.48. The highest BCUT2D eigenvalue weighted by atomic mass is 16.5. The highest BCUT2D eigenvalue weighted by Gasteiger charge is 2.43. The van der Waals surface area contributed by atoms with Crippen molar-refractivity contribution in [3.05, 3.63) is 47.6 Å². The topological polar surface area (TPSA) is 62.5 Å². The highest BCUT2D eigenvalue weighted by Crippen LogP contribution is 2.34. The molecule has 2 atom stereocenters. The van der Waals surface area contributed by atoms with Crippen molar-refractivity contribution in [2.45, 2.75) is 25.9 Å². The third-order valence-electron chi connectivity index (χ3n) is 4.90. The van der Waals surface area contributed by atoms with Crippen LogP contribution in [0.25, 0.3) is 0 Å². The molecule has 2 fully saturated rings. The third-order valence-corrected chi connectivity index (χ3v) is 4.90. The van der Waals surface area contributed by atoms with E-state index in [2.05, 4.69) is 21.1 Å². The quantitative estimate of drug-likeness (QED) is 0.863. The summed E-state index contributed by atoms with van der Waals surface area (Å²) in [6, 6.07) is 6.23. The van der Waals surface area contributed by atoms with Gasteiger partial charge in [-0.15, -0.1) is 0 Å². The second kappa shape index (κ2) is 5.77. The first kappa shape index (κ1) is 14.4. The molecule has 2 aromatic heterocycles. The van der Waals surface area contributed by atoms with Gasteiger partial charge in [-0.2, -0.15) is 0 Å². The van der Waals surface area contributed by atoms with Crippen LogP contribution in [0.2, 0.25) is 0 Å². The van der Waals surface area contributed by atoms with Crippen molar-refractivity contribution in [3.8, 4) is 0 Å². The molecule has 120 valence electrons. The molecule has 6 nitrogen and oxygen atoms in total. The largest absolute Gasteiger partial charge is 0.361 e. The van der Waals surface area contributed by atoms with Crippen LogP contribution in [0.1, 0.15) is 28.2 Å². The molecule has 0 radical (unpaired) electrons. The summed E-state index contributed by atoms with van der Waals surface area (Å²) in [6.07, 6.45) is 4.78. The van der Waals surface area contributed by atoms with E-state index in [0.29, 0.717) is 23.4 Å². The monoisotopic (exact) mass is 312 g/mol. The Morgan fingerprint density at radius 1 is 1.43 bits per heavy atom. The Bertz CT molecular complexity index is 700. The lowest BCUT2D eigenvalue weighted by Crippen LogP contribution is -2.64. The number of aryl methyl sites for hydroxylation is 1. The number of rotatable bonds is 3. The standard InChI is InChI=1S/C17H20N4O2/c1-12-7-15(19-23-12)17(22)20-6-4-14-10-21(16(14)11-20)9-13-3-2-5-18-8-13/h2-3,5,7-8,14,16H,4,6,9-11H2,1H3/t14-,16-/m1/s1. The van der Waals surface area contributed by atoms with E-state index in [1.807, 2.05) is 17.2 Å². The summed E-state index contributed by atoms with van der Waals surface area (Å²) in [5, 5.41) is 3.85. The molecule has 2 saturated heterocycles. The van der Waals surface area contributed by atoms with Gasteiger partial charge >= 0.3 is 0 Å². The highest BCUT2D eigenvalue weighted by molar-refractivity contribution is 5.92. The Morgan fingerprint density at radius 3 is 3.09 bits per heavy atom. The van der Waals surface area contributed by atoms with Crippen LogP contribution < -0.4 is 0 Å². The van der Waals surface area contributed by atoms with Crippen molar-refractivity contribution in [1.82, 2.24) is 19.9 Å². The number of aromatic nitrogens is 2. The fourth-order valence-corrected chi connectivity index (χ4v) is 3.63. The van der Waals surface area contributed by atoms with E-state index < -0.39 is 0 Å². The van der Waals surface area contributed by atoms with Gasteiger partial charge in [0.25, 0.3) is 5.91 Å². The number of hydrogen-bond acceptors (Lipinski definition) is 5. The van der Waals surface area contributed by atoms with E-state index >= 15 is 0 Å². The van der Waals surface area contributed by atoms with Gasteiger partial charge in [-0.05, 0) is 30.9 Å². The molecule has 23 heavy (non-hydrogen) atoms. The lowest BCUT2D eigenvalue weighted by molar-refractivity contribution is -0.0429. The van der Waals surface area contributed by atoms with E-state index in [0.717, 1.165) is 32.6 Å². The van der Waals surface area contributed by atoms with E-state index in [-0.39, 0.29) is 5.91 Å². The van der Waals surface area contributed by atoms with Crippen molar-refractivity contribution < 1.29 is 9.32 Å². The van der Waals surface area contributed by atoms with Gasteiger partial charge in [-0.1, -0.05) is 11.2 Å². The van der Waals surface area contributed by atoms with Crippen LogP contribution in [0, 0.1) is 12.8 Å². The van der Waals surface area contributed by atoms with Crippen LogP contribution in [0.4, 0.5) is 0 Å². The first-order valence-electron chi connectivity index (χ1n) is 8.06. The number of amides is 1. The molecule has 0 unspecified atom stereocenters. The summed E-state index contributed by atoms with van der Waals surface area (Å²) in [5.41, 5.74) is 1.64. The zero-order chi connectivity index (χ0) is 15.8. The molecule has 2 aliphatic rings. The molecule has 0 aliphatic carbocycles. The van der Waals surface area contributed by atoms with Gasteiger partial charge in [0.05, 0.1) is 0 Å². The zero-order valence-corrected chi connectivity index (χ0v) is 13.2. The molecule has 1 amide bonds. The summed E-state index contributed by atoms with van der Waals surface area (Å²) in [6.45, 7) is 5.41. The van der Waals surface area contributed by atoms with E-state index in [9.17, 15) is 4.79 Å². The molecule has 6 heteroatoms. The van der Waals surface area contributed by atoms with Crippen LogP contribution in [0.15, 0.2) is 35.1 Å². The van der Waals surface area contributed by atoms with Crippen LogP contribution in [0.5, 0.6) is 0 Å². The molecular weight excluding hydrogens is 292 g/mol. The SMILES string of the molecule is Cc1cc(C(=O)N2CC[C@@H]3CN(Cc4cccnc4)[C@@H]3C2)no1. The lowest BCUT2D eigenvalue weighted by Gasteiger charge is -2.53. The Morgan fingerprint density at radius 2 is 2.35 bits per heavy atom. The lowest BCUT2D eigenvalue weighted by atomic mass is 9.82. The van der Waals surface area contributed by atoms with Gasteiger partial charge < -0.3 is 9.42 Å². The number of fused-ring (bicyclic) bond motifs is 1. The molecule has 0 N–H and O–H groups in total. The normalized spacial score (nSPS) is 24.1. The summed E-state index contributed by atoms with van der Waals surface area (Å²) in [5.74, 6) is 1.35. The van der Waals surface area contributed by atoms with E-state index in [1.54, 1.807) is 19.2 Å². The van der Waals surface area contributed by atoms with Crippen LogP contribution in [-0.2, 0) is 6.54 Å². The predicted molar refractivity (Wildman–Crippen MR) is 83.7 cm³/mol. The molecule has 0 spiro atoms. The van der Waals surface area contributed by atoms with Crippen molar-refractivity contribution >= 4 is 5.91 Å². The number of carbonyl (C=O) groups is 1. The zero-order valence-electron chi connectivity index (χ0n) is 13.2. The number of likely N-dealkylation sites (tertiary alicyclic amines) is 2. The Hall–Kier alpha value is -2.21. The molecular formula is C17H20N4O2. The van der Waals surface area contributed by atoms with Gasteiger partial charge in [-0.3, -0.25) is 14.7 Å². The minimum absolute atomic E-state index is 0.0199. The van der Waals surface area contributed by atoms with E-state index in [1.165, 1.54) is 5.56 Å². The van der Waals surface area contributed by atoms with Gasteiger partial charge in [0.1, 0.15) is 5.76 Å². The van der Waals surface area contributed by atoms with Crippen LogP contribution in [-0.4, -0.2) is 51.5 Å². The maximum atomic E-state index is 12.5. The van der Waals surface area contributed by atoms with Gasteiger partial charge in [0.2, 0.25) is 0 Å². The molecule has 0 saturated carbocycles. The number of piperidine rings is 1. The average molecular weight is 312 g/mol. The Balaban J connectivity index is 1.41. The number of hydrogen-bond donors (Lipinski definition) is 0. The minimum Gasteiger partial charge on any atom is -0.361 e. The number of nitrogens with zero attached hydrogens (tertiary/aromatic N) is 4. The van der Waals surface area contributed by atoms with Gasteiger partial charge in [0, 0.05) is 50.7 Å². The molecule has 0 bridgehead atoms. The average Bonchev–Trinajstić information content (AvgIpc) is 2.99. The maximum absolute atomic E-state index is 12.5. The summed E-state index contributed by atoms with van der Waals surface area (Å²) >= 11 is 0. The predicted octanol–water partition coefficient (Wildman–Crippen LogP) is 1.72. The van der Waals surface area contributed by atoms with Gasteiger partial charge in [-0.25, -0.2) is 0 Å². The first-order chi connectivity index (χ1) is 11.2. The summed E-state index contributed by atoms with van der Waals surface area (Å²) in [4.78, 5) is 21.1. The smallest absolute Gasteiger partial charge is 0.276 e. The fraction of sp³-hybridized carbons (Fsp3) is 0.471. The second-order valence-corrected chi connectivity index (χ2v) is 6.48. The van der Waals surface area contributed by atoms with Crippen molar-refractivity contribution in [3.63, 3.8) is 0 Å². The molecule has 4 rings (SSSR count). The number of carbonyl (C=O) groups excluding carboxylic acids is 1. The Kier molecular flexibility index (Phi) is 3.61. The third kappa shape index (κ3) is 2.74. The number of pyridine rings is 1. The molecule has 4 heterocycles. The van der Waals surface area contributed by atoms with Crippen molar-refractivity contribution in [2.24, 2.45) is 5.92 Å². The van der Waals surface area contributed by atoms with Crippen molar-refractivity contribution in [1.29, 1.82) is 0 Å². The summed E-state index contributed by atoms with van der Waals surface area (Å²) < 4.78 is 5.02. The first-order valence-corrected chi connectivity index (χ1v) is 8.06. The molecule has 2 aromatic rings.